The minimum absolute atomic E-state index is 0.167. The van der Waals surface area contributed by atoms with Crippen LogP contribution in [0.15, 0.2) is 24.3 Å². The molecule has 19 heavy (non-hydrogen) atoms. The van der Waals surface area contributed by atoms with Gasteiger partial charge in [-0.1, -0.05) is 6.07 Å². The monoisotopic (exact) mass is 259 g/mol. The van der Waals surface area contributed by atoms with Gasteiger partial charge in [-0.3, -0.25) is 14.6 Å². The molecule has 6 nitrogen and oxygen atoms in total. The Bertz CT molecular complexity index is 564. The number of piperazine rings is 1. The topological polar surface area (TPSA) is 84.6 Å². The molecule has 1 heterocycles. The Morgan fingerprint density at radius 1 is 1.53 bits per heavy atom. The quantitative estimate of drug-likeness (QED) is 0.825. The Labute approximate surface area is 110 Å². The van der Waals surface area contributed by atoms with Crippen LogP contribution in [-0.2, 0) is 9.59 Å². The van der Waals surface area contributed by atoms with Crippen LogP contribution in [0.2, 0.25) is 0 Å². The van der Waals surface area contributed by atoms with Crippen molar-refractivity contribution in [2.24, 2.45) is 0 Å². The van der Waals surface area contributed by atoms with Crippen molar-refractivity contribution in [3.8, 4) is 6.07 Å². The number of rotatable bonds is 2. The second kappa shape index (κ2) is 5.08. The number of carboxylic acids is 1. The Morgan fingerprint density at radius 2 is 2.26 bits per heavy atom. The molecule has 1 saturated heterocycles. The van der Waals surface area contributed by atoms with Gasteiger partial charge >= 0.3 is 5.97 Å². The molecule has 1 aromatic carbocycles. The largest absolute Gasteiger partial charge is 0.480 e. The summed E-state index contributed by atoms with van der Waals surface area (Å²) in [5.41, 5.74) is 0.845. The summed E-state index contributed by atoms with van der Waals surface area (Å²) in [5, 5.41) is 18.1. The van der Waals surface area contributed by atoms with Crippen molar-refractivity contribution >= 4 is 17.6 Å². The number of hydrogen-bond donors (Lipinski definition) is 1. The van der Waals surface area contributed by atoms with Crippen molar-refractivity contribution in [3.05, 3.63) is 29.8 Å². The molecular weight excluding hydrogens is 246 g/mol. The molecule has 1 amide bonds. The summed E-state index contributed by atoms with van der Waals surface area (Å²) in [6, 6.07) is 7.46. The lowest BCUT2D eigenvalue weighted by Gasteiger charge is -2.37. The van der Waals surface area contributed by atoms with Gasteiger partial charge in [-0.05, 0) is 25.2 Å². The van der Waals surface area contributed by atoms with Crippen molar-refractivity contribution < 1.29 is 14.7 Å². The van der Waals surface area contributed by atoms with E-state index in [2.05, 4.69) is 0 Å². The third kappa shape index (κ3) is 2.56. The number of anilines is 1. The molecule has 0 saturated carbocycles. The molecule has 98 valence electrons. The maximum absolute atomic E-state index is 12.1. The average Bonchev–Trinajstić information content (AvgIpc) is 2.37. The van der Waals surface area contributed by atoms with E-state index in [1.165, 1.54) is 11.0 Å². The van der Waals surface area contributed by atoms with Crippen molar-refractivity contribution in [2.45, 2.75) is 6.04 Å². The zero-order valence-corrected chi connectivity index (χ0v) is 10.4. The number of hydrogen-bond acceptors (Lipinski definition) is 4. The molecule has 1 aliphatic heterocycles. The number of aliphatic carboxylic acids is 1. The summed E-state index contributed by atoms with van der Waals surface area (Å²) in [6.45, 7) is 0.429. The second-order valence-corrected chi connectivity index (χ2v) is 4.48. The fourth-order valence-corrected chi connectivity index (χ4v) is 2.16. The lowest BCUT2D eigenvalue weighted by atomic mass is 10.1. The summed E-state index contributed by atoms with van der Waals surface area (Å²) in [4.78, 5) is 26.3. The molecule has 0 spiro atoms. The Hall–Kier alpha value is -2.39. The van der Waals surface area contributed by atoms with Crippen LogP contribution in [0.3, 0.4) is 0 Å². The summed E-state index contributed by atoms with van der Waals surface area (Å²) in [5.74, 6) is -1.33. The number of carboxylic acid groups (broad SMARTS) is 1. The normalized spacial score (nSPS) is 20.1. The van der Waals surface area contributed by atoms with E-state index in [1.54, 1.807) is 30.1 Å². The average molecular weight is 259 g/mol. The smallest absolute Gasteiger partial charge is 0.328 e. The summed E-state index contributed by atoms with van der Waals surface area (Å²) in [6.07, 6.45) is 0. The Morgan fingerprint density at radius 3 is 2.89 bits per heavy atom. The van der Waals surface area contributed by atoms with E-state index in [4.69, 9.17) is 5.26 Å². The molecule has 1 N–H and O–H groups in total. The first-order valence-corrected chi connectivity index (χ1v) is 5.76. The number of amides is 1. The van der Waals surface area contributed by atoms with Crippen LogP contribution in [0.5, 0.6) is 0 Å². The number of carbonyl (C=O) groups is 2. The van der Waals surface area contributed by atoms with Gasteiger partial charge in [0.05, 0.1) is 18.2 Å². The molecule has 1 aliphatic rings. The number of nitriles is 1. The van der Waals surface area contributed by atoms with Crippen molar-refractivity contribution in [1.29, 1.82) is 5.26 Å². The molecule has 1 fully saturated rings. The highest BCUT2D eigenvalue weighted by atomic mass is 16.4. The molecule has 0 radical (unpaired) electrons. The highest BCUT2D eigenvalue weighted by Crippen LogP contribution is 2.22. The fraction of sp³-hybridized carbons (Fsp3) is 0.308. The maximum Gasteiger partial charge on any atom is 0.328 e. The minimum Gasteiger partial charge on any atom is -0.480 e. The van der Waals surface area contributed by atoms with Crippen LogP contribution in [0.4, 0.5) is 5.69 Å². The van der Waals surface area contributed by atoms with Gasteiger partial charge in [0.25, 0.3) is 0 Å². The van der Waals surface area contributed by atoms with Crippen LogP contribution in [0.25, 0.3) is 0 Å². The van der Waals surface area contributed by atoms with E-state index in [0.29, 0.717) is 11.3 Å². The van der Waals surface area contributed by atoms with Gasteiger partial charge in [0, 0.05) is 12.2 Å². The first-order valence-electron chi connectivity index (χ1n) is 5.76. The van der Waals surface area contributed by atoms with Gasteiger partial charge in [-0.2, -0.15) is 5.26 Å². The van der Waals surface area contributed by atoms with Crippen molar-refractivity contribution in [2.75, 3.05) is 25.0 Å². The number of carbonyl (C=O) groups excluding carboxylic acids is 1. The summed E-state index contributed by atoms with van der Waals surface area (Å²) < 4.78 is 0. The molecular formula is C13H13N3O3. The van der Waals surface area contributed by atoms with Gasteiger partial charge in [0.2, 0.25) is 5.91 Å². The predicted molar refractivity (Wildman–Crippen MR) is 67.6 cm³/mol. The zero-order valence-electron chi connectivity index (χ0n) is 10.4. The Balaban J connectivity index is 2.41. The minimum atomic E-state index is -1.05. The van der Waals surface area contributed by atoms with Gasteiger partial charge in [-0.15, -0.1) is 0 Å². The molecule has 0 aromatic heterocycles. The fourth-order valence-electron chi connectivity index (χ4n) is 2.16. The second-order valence-electron chi connectivity index (χ2n) is 4.48. The van der Waals surface area contributed by atoms with Gasteiger partial charge in [0.1, 0.15) is 6.04 Å². The number of likely N-dealkylation sites (N-methyl/N-ethyl adjacent to an activating group) is 1. The predicted octanol–water partition coefficient (Wildman–Crippen LogP) is 0.290. The van der Waals surface area contributed by atoms with Crippen LogP contribution >= 0.6 is 0 Å². The van der Waals surface area contributed by atoms with Crippen LogP contribution in [0.1, 0.15) is 5.56 Å². The zero-order chi connectivity index (χ0) is 14.0. The van der Waals surface area contributed by atoms with Gasteiger partial charge < -0.3 is 5.11 Å². The third-order valence-corrected chi connectivity index (χ3v) is 3.01. The van der Waals surface area contributed by atoms with Crippen LogP contribution in [-0.4, -0.2) is 48.1 Å². The molecule has 1 unspecified atom stereocenters. The van der Waals surface area contributed by atoms with E-state index in [0.717, 1.165) is 0 Å². The summed E-state index contributed by atoms with van der Waals surface area (Å²) in [7, 11) is 1.71. The molecule has 1 aromatic rings. The van der Waals surface area contributed by atoms with Crippen LogP contribution in [0, 0.1) is 11.3 Å². The van der Waals surface area contributed by atoms with Gasteiger partial charge in [-0.25, -0.2) is 4.79 Å². The highest BCUT2D eigenvalue weighted by Gasteiger charge is 2.36. The number of benzene rings is 1. The third-order valence-electron chi connectivity index (χ3n) is 3.01. The maximum atomic E-state index is 12.1. The van der Waals surface area contributed by atoms with Crippen molar-refractivity contribution in [1.82, 2.24) is 4.90 Å². The van der Waals surface area contributed by atoms with E-state index >= 15 is 0 Å². The molecule has 2 rings (SSSR count). The lowest BCUT2D eigenvalue weighted by molar-refractivity contribution is -0.142. The van der Waals surface area contributed by atoms with Crippen molar-refractivity contribution in [3.63, 3.8) is 0 Å². The molecule has 0 bridgehead atoms. The standard InChI is InChI=1S/C13H13N3O3/c1-15-7-11(13(18)19)16(12(17)8-15)10-4-2-3-9(5-10)6-14/h2-5,11H,7-8H2,1H3,(H,18,19). The SMILES string of the molecule is CN1CC(=O)N(c2cccc(C#N)c2)C(C(=O)O)C1. The van der Waals surface area contributed by atoms with E-state index in [1.807, 2.05) is 6.07 Å². The first-order chi connectivity index (χ1) is 9.02. The first kappa shape index (κ1) is 13.1. The van der Waals surface area contributed by atoms with E-state index in [9.17, 15) is 14.7 Å². The van der Waals surface area contributed by atoms with E-state index < -0.39 is 12.0 Å². The van der Waals surface area contributed by atoms with Crippen LogP contribution < -0.4 is 4.90 Å². The number of nitrogens with zero attached hydrogens (tertiary/aromatic N) is 3. The molecule has 0 aliphatic carbocycles. The van der Waals surface area contributed by atoms with Gasteiger partial charge in [0.15, 0.2) is 0 Å². The summed E-state index contributed by atoms with van der Waals surface area (Å²) >= 11 is 0. The molecule has 6 heteroatoms. The van der Waals surface area contributed by atoms with E-state index in [-0.39, 0.29) is 19.0 Å². The highest BCUT2D eigenvalue weighted by molar-refractivity contribution is 6.01. The Kier molecular flexibility index (Phi) is 3.49. The molecule has 1 atom stereocenters. The lowest BCUT2D eigenvalue weighted by Crippen LogP contribution is -2.58.